The van der Waals surface area contributed by atoms with Crippen LogP contribution in [0.1, 0.15) is 13.8 Å². The summed E-state index contributed by atoms with van der Waals surface area (Å²) in [6.45, 7) is 3.82. The molecular weight excluding hydrogens is 374 g/mol. The van der Waals surface area contributed by atoms with E-state index in [1.54, 1.807) is 22.8 Å². The summed E-state index contributed by atoms with van der Waals surface area (Å²) in [7, 11) is -3.78. The van der Waals surface area contributed by atoms with Crippen LogP contribution >= 0.6 is 11.3 Å². The summed E-state index contributed by atoms with van der Waals surface area (Å²) in [4.78, 5) is 22.9. The smallest absolute Gasteiger partial charge is 0.308 e. The molecule has 0 saturated carbocycles. The lowest BCUT2D eigenvalue weighted by atomic mass is 10.3. The monoisotopic (exact) mass is 391 g/mol. The van der Waals surface area contributed by atoms with E-state index in [4.69, 9.17) is 0 Å². The van der Waals surface area contributed by atoms with Gasteiger partial charge in [-0.25, -0.2) is 8.42 Å². The first-order valence-electron chi connectivity index (χ1n) is 7.84. The van der Waals surface area contributed by atoms with Gasteiger partial charge in [-0.2, -0.15) is 0 Å². The van der Waals surface area contributed by atoms with Gasteiger partial charge in [-0.3, -0.25) is 18.9 Å². The highest BCUT2D eigenvalue weighted by Gasteiger charge is 2.15. The Morgan fingerprint density at radius 3 is 2.38 bits per heavy atom. The molecule has 0 bridgehead atoms. The minimum Gasteiger partial charge on any atom is -0.326 e. The van der Waals surface area contributed by atoms with Crippen LogP contribution in [0.5, 0.6) is 0 Å². The summed E-state index contributed by atoms with van der Waals surface area (Å²) < 4.78 is 29.9. The van der Waals surface area contributed by atoms with Crippen LogP contribution in [-0.2, 0) is 21.4 Å². The molecule has 0 aliphatic rings. The predicted octanol–water partition coefficient (Wildman–Crippen LogP) is 2.84. The molecule has 0 atom stereocenters. The van der Waals surface area contributed by atoms with E-state index in [-0.39, 0.29) is 15.7 Å². The Bertz CT molecular complexity index is 1130. The van der Waals surface area contributed by atoms with Crippen molar-refractivity contribution in [3.8, 4) is 0 Å². The van der Waals surface area contributed by atoms with Crippen molar-refractivity contribution in [2.45, 2.75) is 25.3 Å². The molecule has 3 rings (SSSR count). The van der Waals surface area contributed by atoms with Crippen molar-refractivity contribution in [3.63, 3.8) is 0 Å². The third-order valence-corrected chi connectivity index (χ3v) is 6.06. The summed E-state index contributed by atoms with van der Waals surface area (Å²) in [6.07, 6.45) is 0. The number of carbonyl (C=O) groups is 1. The van der Waals surface area contributed by atoms with Crippen LogP contribution in [-0.4, -0.2) is 18.9 Å². The Labute approximate surface area is 154 Å². The van der Waals surface area contributed by atoms with Crippen LogP contribution in [0.15, 0.2) is 52.2 Å². The van der Waals surface area contributed by atoms with E-state index < -0.39 is 10.0 Å². The zero-order valence-electron chi connectivity index (χ0n) is 14.1. The lowest BCUT2D eigenvalue weighted by Crippen LogP contribution is -2.13. The second-order valence-electron chi connectivity index (χ2n) is 5.61. The fraction of sp³-hybridized carbons (Fsp3) is 0.176. The average Bonchev–Trinajstić information content (AvgIpc) is 2.88. The maximum Gasteiger partial charge on any atom is 0.308 e. The number of benzene rings is 2. The third-order valence-electron chi connectivity index (χ3n) is 3.72. The average molecular weight is 391 g/mol. The number of anilines is 2. The normalized spacial score (nSPS) is 11.5. The van der Waals surface area contributed by atoms with Crippen LogP contribution < -0.4 is 14.9 Å². The van der Waals surface area contributed by atoms with E-state index in [1.807, 2.05) is 6.92 Å². The number of fused-ring (bicyclic) bond motifs is 1. The molecule has 0 saturated heterocycles. The highest BCUT2D eigenvalue weighted by Crippen LogP contribution is 2.24. The molecule has 0 aliphatic carbocycles. The van der Waals surface area contributed by atoms with Crippen LogP contribution in [0.25, 0.3) is 10.2 Å². The van der Waals surface area contributed by atoms with E-state index in [9.17, 15) is 18.0 Å². The number of sulfonamides is 1. The first-order chi connectivity index (χ1) is 12.3. The quantitative estimate of drug-likeness (QED) is 0.699. The van der Waals surface area contributed by atoms with Crippen molar-refractivity contribution < 1.29 is 13.2 Å². The van der Waals surface area contributed by atoms with Gasteiger partial charge in [-0.15, -0.1) is 0 Å². The molecule has 1 aromatic heterocycles. The number of carbonyl (C=O) groups excluding carboxylic acids is 1. The molecule has 0 unspecified atom stereocenters. The fourth-order valence-electron chi connectivity index (χ4n) is 2.56. The number of amides is 1. The lowest BCUT2D eigenvalue weighted by molar-refractivity contribution is -0.114. The number of nitrogens with one attached hydrogen (secondary N) is 2. The maximum absolute atomic E-state index is 12.5. The lowest BCUT2D eigenvalue weighted by Gasteiger charge is -2.09. The number of aromatic nitrogens is 1. The Morgan fingerprint density at radius 2 is 1.77 bits per heavy atom. The third kappa shape index (κ3) is 3.63. The molecule has 0 aliphatic heterocycles. The van der Waals surface area contributed by atoms with Gasteiger partial charge in [0.1, 0.15) is 0 Å². The van der Waals surface area contributed by atoms with Crippen LogP contribution in [0.2, 0.25) is 0 Å². The number of hydrogen-bond acceptors (Lipinski definition) is 5. The highest BCUT2D eigenvalue weighted by atomic mass is 32.2. The molecule has 2 aromatic carbocycles. The van der Waals surface area contributed by atoms with E-state index in [1.165, 1.54) is 31.2 Å². The largest absolute Gasteiger partial charge is 0.326 e. The second kappa shape index (κ2) is 6.93. The standard InChI is InChI=1S/C17H17N3O4S2/c1-3-20-15-9-6-13(10-16(15)25-17(20)22)19-26(23,24)14-7-4-12(5-8-14)18-11(2)21/h4-10,19H,3H2,1-2H3,(H,18,21). The molecule has 1 heterocycles. The molecule has 1 amide bonds. The second-order valence-corrected chi connectivity index (χ2v) is 8.28. The van der Waals surface area contributed by atoms with Gasteiger partial charge in [0.05, 0.1) is 20.8 Å². The van der Waals surface area contributed by atoms with Crippen LogP contribution in [0.4, 0.5) is 11.4 Å². The Kier molecular flexibility index (Phi) is 4.84. The number of hydrogen-bond donors (Lipinski definition) is 2. The molecule has 26 heavy (non-hydrogen) atoms. The van der Waals surface area contributed by atoms with E-state index in [2.05, 4.69) is 10.0 Å². The van der Waals surface area contributed by atoms with Gasteiger partial charge in [0.25, 0.3) is 10.0 Å². The molecular formula is C17H17N3O4S2. The Balaban J connectivity index is 1.88. The number of rotatable bonds is 5. The molecule has 9 heteroatoms. The van der Waals surface area contributed by atoms with Gasteiger partial charge in [0.2, 0.25) is 5.91 Å². The van der Waals surface area contributed by atoms with Crippen LogP contribution in [0.3, 0.4) is 0 Å². The molecule has 0 radical (unpaired) electrons. The predicted molar refractivity (Wildman–Crippen MR) is 103 cm³/mol. The molecule has 2 N–H and O–H groups in total. The minimum atomic E-state index is -3.78. The summed E-state index contributed by atoms with van der Waals surface area (Å²) >= 11 is 1.08. The summed E-state index contributed by atoms with van der Waals surface area (Å²) in [6, 6.07) is 10.9. The maximum atomic E-state index is 12.5. The van der Waals surface area contributed by atoms with Gasteiger partial charge in [-0.1, -0.05) is 11.3 Å². The minimum absolute atomic E-state index is 0.0731. The molecule has 136 valence electrons. The molecule has 0 fully saturated rings. The SMILES string of the molecule is CCn1c(=O)sc2cc(NS(=O)(=O)c3ccc(NC(C)=O)cc3)ccc21. The number of thiazole rings is 1. The Hall–Kier alpha value is -2.65. The zero-order valence-corrected chi connectivity index (χ0v) is 15.8. The highest BCUT2D eigenvalue weighted by molar-refractivity contribution is 7.92. The number of nitrogens with zero attached hydrogens (tertiary/aromatic N) is 1. The van der Waals surface area contributed by atoms with Gasteiger partial charge >= 0.3 is 4.87 Å². The molecule has 3 aromatic rings. The first-order valence-corrected chi connectivity index (χ1v) is 10.1. The van der Waals surface area contributed by atoms with Gasteiger partial charge < -0.3 is 5.32 Å². The summed E-state index contributed by atoms with van der Waals surface area (Å²) in [5.41, 5.74) is 1.68. The van der Waals surface area contributed by atoms with Crippen LogP contribution in [0, 0.1) is 0 Å². The zero-order chi connectivity index (χ0) is 18.9. The van der Waals surface area contributed by atoms with Gasteiger partial charge in [0, 0.05) is 19.2 Å². The topological polar surface area (TPSA) is 97.3 Å². The van der Waals surface area contributed by atoms with Crippen molar-refractivity contribution >= 4 is 48.9 Å². The van der Waals surface area contributed by atoms with Crippen molar-refractivity contribution in [2.75, 3.05) is 10.0 Å². The molecule has 7 nitrogen and oxygen atoms in total. The Morgan fingerprint density at radius 1 is 1.12 bits per heavy atom. The molecule has 0 spiro atoms. The summed E-state index contributed by atoms with van der Waals surface area (Å²) in [5, 5.41) is 2.58. The van der Waals surface area contributed by atoms with E-state index in [0.29, 0.717) is 17.9 Å². The van der Waals surface area contributed by atoms with Crippen molar-refractivity contribution in [1.82, 2.24) is 4.57 Å². The summed E-state index contributed by atoms with van der Waals surface area (Å²) in [5.74, 6) is -0.231. The fourth-order valence-corrected chi connectivity index (χ4v) is 4.61. The van der Waals surface area contributed by atoms with Crippen molar-refractivity contribution in [3.05, 3.63) is 52.1 Å². The van der Waals surface area contributed by atoms with Crippen molar-refractivity contribution in [2.24, 2.45) is 0 Å². The van der Waals surface area contributed by atoms with E-state index in [0.717, 1.165) is 21.6 Å². The first kappa shape index (κ1) is 18.2. The van der Waals surface area contributed by atoms with E-state index >= 15 is 0 Å². The van der Waals surface area contributed by atoms with Gasteiger partial charge in [-0.05, 0) is 49.4 Å². The van der Waals surface area contributed by atoms with Crippen molar-refractivity contribution in [1.29, 1.82) is 0 Å². The van der Waals surface area contributed by atoms with Gasteiger partial charge in [0.15, 0.2) is 0 Å². The number of aryl methyl sites for hydroxylation is 1.